The van der Waals surface area contributed by atoms with E-state index >= 15 is 0 Å². The van der Waals surface area contributed by atoms with Crippen molar-refractivity contribution < 1.29 is 4.74 Å². The van der Waals surface area contributed by atoms with Crippen molar-refractivity contribution in [2.75, 3.05) is 12.4 Å². The normalized spacial score (nSPS) is 10.0. The summed E-state index contributed by atoms with van der Waals surface area (Å²) in [6.07, 6.45) is 0. The van der Waals surface area contributed by atoms with E-state index in [0.29, 0.717) is 10.8 Å². The van der Waals surface area contributed by atoms with Crippen LogP contribution in [0.4, 0.5) is 5.69 Å². The Balaban J connectivity index is 2.02. The first-order valence-corrected chi connectivity index (χ1v) is 5.79. The lowest BCUT2D eigenvalue weighted by molar-refractivity contribution is 0.415. The fourth-order valence-corrected chi connectivity index (χ4v) is 1.86. The summed E-state index contributed by atoms with van der Waals surface area (Å²) in [5, 5.41) is 3.96. The average molecular weight is 248 g/mol. The zero-order chi connectivity index (χ0) is 12.1. The summed E-state index contributed by atoms with van der Waals surface area (Å²) in [4.78, 5) is 0. The first kappa shape index (κ1) is 11.8. The zero-order valence-corrected chi connectivity index (χ0v) is 10.4. The van der Waals surface area contributed by atoms with E-state index in [4.69, 9.17) is 16.3 Å². The first-order valence-electron chi connectivity index (χ1n) is 5.41. The first-order chi connectivity index (χ1) is 8.29. The average Bonchev–Trinajstić information content (AvgIpc) is 2.38. The van der Waals surface area contributed by atoms with E-state index in [1.165, 1.54) is 0 Å². The summed E-state index contributed by atoms with van der Waals surface area (Å²) >= 11 is 6.06. The van der Waals surface area contributed by atoms with Crippen LogP contribution in [0.25, 0.3) is 0 Å². The van der Waals surface area contributed by atoms with Crippen molar-refractivity contribution in [3.05, 3.63) is 59.1 Å². The van der Waals surface area contributed by atoms with Gasteiger partial charge in [-0.15, -0.1) is 0 Å². The zero-order valence-electron chi connectivity index (χ0n) is 9.61. The Bertz CT molecular complexity index is 485. The maximum atomic E-state index is 6.06. The van der Waals surface area contributed by atoms with Crippen molar-refractivity contribution >= 4 is 17.3 Å². The molecule has 1 N–H and O–H groups in total. The second kappa shape index (κ2) is 5.60. The second-order valence-corrected chi connectivity index (χ2v) is 4.10. The molecule has 0 heterocycles. The molecule has 2 aromatic carbocycles. The van der Waals surface area contributed by atoms with Gasteiger partial charge in [0.15, 0.2) is 0 Å². The third-order valence-corrected chi connectivity index (χ3v) is 2.78. The van der Waals surface area contributed by atoms with Crippen LogP contribution in [0.1, 0.15) is 5.56 Å². The topological polar surface area (TPSA) is 21.3 Å². The summed E-state index contributed by atoms with van der Waals surface area (Å²) in [5.41, 5.74) is 2.22. The van der Waals surface area contributed by atoms with Gasteiger partial charge in [-0.1, -0.05) is 35.9 Å². The highest BCUT2D eigenvalue weighted by Crippen LogP contribution is 2.25. The Morgan fingerprint density at radius 3 is 2.53 bits per heavy atom. The second-order valence-electron chi connectivity index (χ2n) is 3.69. The number of halogens is 1. The van der Waals surface area contributed by atoms with Crippen LogP contribution < -0.4 is 10.1 Å². The Labute approximate surface area is 106 Å². The molecule has 0 saturated heterocycles. The molecule has 0 fully saturated rings. The third kappa shape index (κ3) is 3.14. The summed E-state index contributed by atoms with van der Waals surface area (Å²) in [6, 6.07) is 15.9. The molecular formula is C14H14ClNO. The fraction of sp³-hybridized carbons (Fsp3) is 0.143. The molecule has 2 aromatic rings. The van der Waals surface area contributed by atoms with Crippen LogP contribution in [-0.2, 0) is 6.54 Å². The third-order valence-electron chi connectivity index (χ3n) is 2.49. The molecule has 0 aromatic heterocycles. The minimum Gasteiger partial charge on any atom is -0.495 e. The van der Waals surface area contributed by atoms with Crippen LogP contribution in [0, 0.1) is 0 Å². The van der Waals surface area contributed by atoms with Crippen molar-refractivity contribution in [3.63, 3.8) is 0 Å². The van der Waals surface area contributed by atoms with Crippen molar-refractivity contribution in [1.29, 1.82) is 0 Å². The molecule has 0 saturated carbocycles. The van der Waals surface area contributed by atoms with Crippen LogP contribution in [0.5, 0.6) is 5.75 Å². The lowest BCUT2D eigenvalue weighted by Gasteiger charge is -2.08. The van der Waals surface area contributed by atoms with Gasteiger partial charge in [-0.3, -0.25) is 0 Å². The number of benzene rings is 2. The molecule has 0 radical (unpaired) electrons. The minimum absolute atomic E-state index is 0.639. The Kier molecular flexibility index (Phi) is 3.89. The summed E-state index contributed by atoms with van der Waals surface area (Å²) in [6.45, 7) is 0.744. The van der Waals surface area contributed by atoms with Crippen LogP contribution in [0.3, 0.4) is 0 Å². The Morgan fingerprint density at radius 2 is 1.88 bits per heavy atom. The molecule has 0 aliphatic rings. The molecule has 2 rings (SSSR count). The number of nitrogens with one attached hydrogen (secondary N) is 1. The predicted molar refractivity (Wildman–Crippen MR) is 71.8 cm³/mol. The van der Waals surface area contributed by atoms with E-state index in [1.807, 2.05) is 48.5 Å². The molecule has 3 heteroatoms. The van der Waals surface area contributed by atoms with Crippen LogP contribution >= 0.6 is 11.6 Å². The van der Waals surface area contributed by atoms with E-state index in [0.717, 1.165) is 17.8 Å². The molecule has 0 bridgehead atoms. The molecule has 0 aliphatic heterocycles. The highest BCUT2D eigenvalue weighted by Gasteiger charge is 2.01. The van der Waals surface area contributed by atoms with Gasteiger partial charge in [0.1, 0.15) is 5.75 Å². The van der Waals surface area contributed by atoms with Gasteiger partial charge in [-0.05, 0) is 29.8 Å². The molecule has 0 atom stereocenters. The van der Waals surface area contributed by atoms with E-state index in [2.05, 4.69) is 5.32 Å². The smallest absolute Gasteiger partial charge is 0.137 e. The Morgan fingerprint density at radius 1 is 1.12 bits per heavy atom. The van der Waals surface area contributed by atoms with Gasteiger partial charge < -0.3 is 10.1 Å². The van der Waals surface area contributed by atoms with Gasteiger partial charge in [-0.2, -0.15) is 0 Å². The summed E-state index contributed by atoms with van der Waals surface area (Å²) in [7, 11) is 1.61. The highest BCUT2D eigenvalue weighted by molar-refractivity contribution is 6.32. The summed E-state index contributed by atoms with van der Waals surface area (Å²) < 4.78 is 5.11. The van der Waals surface area contributed by atoms with Crippen molar-refractivity contribution in [1.82, 2.24) is 0 Å². The number of methoxy groups -OCH3 is 1. The monoisotopic (exact) mass is 247 g/mol. The lowest BCUT2D eigenvalue weighted by Crippen LogP contribution is -1.99. The molecule has 2 nitrogen and oxygen atoms in total. The van der Waals surface area contributed by atoms with Crippen molar-refractivity contribution in [2.24, 2.45) is 0 Å². The van der Waals surface area contributed by atoms with E-state index in [-0.39, 0.29) is 0 Å². The number of ether oxygens (including phenoxy) is 1. The quantitative estimate of drug-likeness (QED) is 0.883. The summed E-state index contributed by atoms with van der Waals surface area (Å²) in [5.74, 6) is 0.704. The number of para-hydroxylation sites is 1. The predicted octanol–water partition coefficient (Wildman–Crippen LogP) is 3.96. The van der Waals surface area contributed by atoms with E-state index < -0.39 is 0 Å². The standard InChI is InChI=1S/C14H14ClNO/c1-17-14-8-7-11(9-13(14)15)10-16-12-5-3-2-4-6-12/h2-9,16H,10H2,1H3. The fourth-order valence-electron chi connectivity index (χ4n) is 1.58. The molecule has 88 valence electrons. The number of anilines is 1. The van der Waals surface area contributed by atoms with Crippen molar-refractivity contribution in [2.45, 2.75) is 6.54 Å². The molecular weight excluding hydrogens is 234 g/mol. The Hall–Kier alpha value is -1.67. The van der Waals surface area contributed by atoms with Gasteiger partial charge in [-0.25, -0.2) is 0 Å². The molecule has 0 amide bonds. The molecule has 17 heavy (non-hydrogen) atoms. The van der Waals surface area contributed by atoms with Gasteiger partial charge in [0.05, 0.1) is 12.1 Å². The van der Waals surface area contributed by atoms with Gasteiger partial charge in [0, 0.05) is 12.2 Å². The molecule has 0 unspecified atom stereocenters. The number of rotatable bonds is 4. The van der Waals surface area contributed by atoms with Crippen LogP contribution in [0.2, 0.25) is 5.02 Å². The van der Waals surface area contributed by atoms with Gasteiger partial charge in [0.2, 0.25) is 0 Å². The SMILES string of the molecule is COc1ccc(CNc2ccccc2)cc1Cl. The van der Waals surface area contributed by atoms with Crippen molar-refractivity contribution in [3.8, 4) is 5.75 Å². The largest absolute Gasteiger partial charge is 0.495 e. The van der Waals surface area contributed by atoms with Crippen LogP contribution in [-0.4, -0.2) is 7.11 Å². The number of hydrogen-bond acceptors (Lipinski definition) is 2. The van der Waals surface area contributed by atoms with E-state index in [1.54, 1.807) is 7.11 Å². The lowest BCUT2D eigenvalue weighted by atomic mass is 10.2. The van der Waals surface area contributed by atoms with E-state index in [9.17, 15) is 0 Å². The minimum atomic E-state index is 0.639. The highest BCUT2D eigenvalue weighted by atomic mass is 35.5. The molecule has 0 spiro atoms. The number of hydrogen-bond donors (Lipinski definition) is 1. The van der Waals surface area contributed by atoms with Gasteiger partial charge >= 0.3 is 0 Å². The maximum Gasteiger partial charge on any atom is 0.137 e. The van der Waals surface area contributed by atoms with Gasteiger partial charge in [0.25, 0.3) is 0 Å². The molecule has 0 aliphatic carbocycles. The van der Waals surface area contributed by atoms with Crippen LogP contribution in [0.15, 0.2) is 48.5 Å². The maximum absolute atomic E-state index is 6.06.